The van der Waals surface area contributed by atoms with Gasteiger partial charge in [0.1, 0.15) is 10.7 Å². The normalized spacial score (nSPS) is 16.0. The van der Waals surface area contributed by atoms with Crippen LogP contribution in [0.5, 0.6) is 0 Å². The van der Waals surface area contributed by atoms with E-state index in [4.69, 9.17) is 0 Å². The minimum absolute atomic E-state index is 0.283. The monoisotopic (exact) mass is 350 g/mol. The number of sulfonamides is 1. The first kappa shape index (κ1) is 14.9. The summed E-state index contributed by atoms with van der Waals surface area (Å²) in [7, 11) is -1.82. The Balaban J connectivity index is 1.97. The lowest BCUT2D eigenvalue weighted by molar-refractivity contribution is 0.329. The Morgan fingerprint density at radius 1 is 1.47 bits per heavy atom. The maximum absolute atomic E-state index is 13.6. The van der Waals surface area contributed by atoms with Gasteiger partial charge in [-0.05, 0) is 38.1 Å². The van der Waals surface area contributed by atoms with Crippen LogP contribution in [0.1, 0.15) is 12.8 Å². The van der Waals surface area contributed by atoms with Gasteiger partial charge >= 0.3 is 0 Å². The number of nitrogens with one attached hydrogen (secondary N) is 1. The van der Waals surface area contributed by atoms with Crippen LogP contribution in [-0.4, -0.2) is 39.5 Å². The predicted octanol–water partition coefficient (Wildman–Crippen LogP) is 1.96. The Kier molecular flexibility index (Phi) is 4.60. The van der Waals surface area contributed by atoms with Crippen LogP contribution in [0.15, 0.2) is 27.6 Å². The molecule has 4 nitrogen and oxygen atoms in total. The first-order valence-electron chi connectivity index (χ1n) is 6.05. The molecule has 0 aromatic heterocycles. The van der Waals surface area contributed by atoms with Crippen LogP contribution < -0.4 is 4.72 Å². The highest BCUT2D eigenvalue weighted by Crippen LogP contribution is 2.24. The molecule has 1 N–H and O–H groups in total. The molecule has 0 unspecified atom stereocenters. The van der Waals surface area contributed by atoms with Crippen LogP contribution in [0.3, 0.4) is 0 Å². The number of hydrogen-bond acceptors (Lipinski definition) is 3. The van der Waals surface area contributed by atoms with Crippen LogP contribution in [0.2, 0.25) is 0 Å². The maximum Gasteiger partial charge on any atom is 0.243 e. The Morgan fingerprint density at radius 3 is 2.74 bits per heavy atom. The summed E-state index contributed by atoms with van der Waals surface area (Å²) < 4.78 is 40.4. The molecular weight excluding hydrogens is 335 g/mol. The molecule has 0 heterocycles. The number of hydrogen-bond donors (Lipinski definition) is 1. The fourth-order valence-electron chi connectivity index (χ4n) is 1.83. The SMILES string of the molecule is CN(CCNS(=O)(=O)c1ccc(Br)cc1F)C1CC1. The minimum Gasteiger partial charge on any atom is -0.302 e. The van der Waals surface area contributed by atoms with Gasteiger partial charge in [-0.3, -0.25) is 0 Å². The van der Waals surface area contributed by atoms with Gasteiger partial charge < -0.3 is 4.90 Å². The summed E-state index contributed by atoms with van der Waals surface area (Å²) in [5.74, 6) is -0.752. The third-order valence-corrected chi connectivity index (χ3v) is 5.10. The zero-order valence-corrected chi connectivity index (χ0v) is 13.0. The van der Waals surface area contributed by atoms with Crippen LogP contribution in [0.4, 0.5) is 4.39 Å². The van der Waals surface area contributed by atoms with E-state index < -0.39 is 15.8 Å². The Bertz CT molecular complexity index is 561. The molecule has 1 aromatic rings. The molecule has 0 aliphatic heterocycles. The summed E-state index contributed by atoms with van der Waals surface area (Å²) in [6, 6.07) is 4.49. The van der Waals surface area contributed by atoms with E-state index in [1.165, 1.54) is 25.0 Å². The fraction of sp³-hybridized carbons (Fsp3) is 0.500. The van der Waals surface area contributed by atoms with Crippen molar-refractivity contribution in [2.45, 2.75) is 23.8 Å². The summed E-state index contributed by atoms with van der Waals surface area (Å²) in [4.78, 5) is 1.80. The van der Waals surface area contributed by atoms with E-state index in [9.17, 15) is 12.8 Å². The van der Waals surface area contributed by atoms with Crippen molar-refractivity contribution in [3.05, 3.63) is 28.5 Å². The van der Waals surface area contributed by atoms with E-state index in [2.05, 4.69) is 25.6 Å². The molecule has 0 spiro atoms. The Morgan fingerprint density at radius 2 is 2.16 bits per heavy atom. The molecule has 1 saturated carbocycles. The van der Waals surface area contributed by atoms with Gasteiger partial charge in [0.05, 0.1) is 0 Å². The second-order valence-electron chi connectivity index (χ2n) is 4.68. The van der Waals surface area contributed by atoms with Gasteiger partial charge in [0, 0.05) is 23.6 Å². The molecule has 0 saturated heterocycles. The highest BCUT2D eigenvalue weighted by Gasteiger charge is 2.26. The zero-order chi connectivity index (χ0) is 14.0. The van der Waals surface area contributed by atoms with Gasteiger partial charge in [0.15, 0.2) is 0 Å². The highest BCUT2D eigenvalue weighted by atomic mass is 79.9. The van der Waals surface area contributed by atoms with Crippen molar-refractivity contribution in [3.8, 4) is 0 Å². The number of likely N-dealkylation sites (N-methyl/N-ethyl adjacent to an activating group) is 1. The van der Waals surface area contributed by atoms with Crippen molar-refractivity contribution in [1.82, 2.24) is 9.62 Å². The Labute approximate surface area is 121 Å². The van der Waals surface area contributed by atoms with Gasteiger partial charge in [-0.1, -0.05) is 15.9 Å². The molecule has 7 heteroatoms. The van der Waals surface area contributed by atoms with Crippen molar-refractivity contribution in [2.24, 2.45) is 0 Å². The molecule has 1 aliphatic carbocycles. The largest absolute Gasteiger partial charge is 0.302 e. The van der Waals surface area contributed by atoms with Crippen LogP contribution >= 0.6 is 15.9 Å². The second-order valence-corrected chi connectivity index (χ2v) is 7.34. The lowest BCUT2D eigenvalue weighted by atomic mass is 10.3. The Hall–Kier alpha value is -0.500. The predicted molar refractivity (Wildman–Crippen MR) is 74.9 cm³/mol. The molecule has 0 bridgehead atoms. The molecular formula is C12H16BrFN2O2S. The number of rotatable bonds is 6. The number of halogens is 2. The molecule has 2 rings (SSSR count). The third-order valence-electron chi connectivity index (χ3n) is 3.11. The quantitative estimate of drug-likeness (QED) is 0.853. The maximum atomic E-state index is 13.6. The van der Waals surface area contributed by atoms with Gasteiger partial charge in [0.2, 0.25) is 10.0 Å². The fourth-order valence-corrected chi connectivity index (χ4v) is 3.24. The summed E-state index contributed by atoms with van der Waals surface area (Å²) >= 11 is 3.10. The van der Waals surface area contributed by atoms with Crippen molar-refractivity contribution in [1.29, 1.82) is 0 Å². The molecule has 19 heavy (non-hydrogen) atoms. The first-order chi connectivity index (χ1) is 8.90. The van der Waals surface area contributed by atoms with Crippen molar-refractivity contribution < 1.29 is 12.8 Å². The van der Waals surface area contributed by atoms with E-state index in [1.54, 1.807) is 0 Å². The van der Waals surface area contributed by atoms with E-state index in [-0.39, 0.29) is 11.4 Å². The van der Waals surface area contributed by atoms with E-state index in [0.29, 0.717) is 17.1 Å². The molecule has 1 aliphatic rings. The van der Waals surface area contributed by atoms with Crippen LogP contribution in [-0.2, 0) is 10.0 Å². The molecule has 0 amide bonds. The van der Waals surface area contributed by atoms with E-state index >= 15 is 0 Å². The minimum atomic E-state index is -3.78. The average Bonchev–Trinajstić information content (AvgIpc) is 3.11. The van der Waals surface area contributed by atoms with Crippen molar-refractivity contribution >= 4 is 26.0 Å². The molecule has 0 radical (unpaired) electrons. The van der Waals surface area contributed by atoms with Gasteiger partial charge in [0.25, 0.3) is 0 Å². The first-order valence-corrected chi connectivity index (χ1v) is 8.33. The zero-order valence-electron chi connectivity index (χ0n) is 10.6. The smallest absolute Gasteiger partial charge is 0.243 e. The summed E-state index contributed by atoms with van der Waals surface area (Å²) in [5.41, 5.74) is 0. The van der Waals surface area contributed by atoms with Crippen molar-refractivity contribution in [2.75, 3.05) is 20.1 Å². The number of nitrogens with zero attached hydrogens (tertiary/aromatic N) is 1. The third kappa shape index (κ3) is 3.98. The highest BCUT2D eigenvalue weighted by molar-refractivity contribution is 9.10. The standard InChI is InChI=1S/C12H16BrFN2O2S/c1-16(10-3-4-10)7-6-15-19(17,18)12-5-2-9(13)8-11(12)14/h2,5,8,10,15H,3-4,6-7H2,1H3. The van der Waals surface area contributed by atoms with Gasteiger partial charge in [-0.2, -0.15) is 0 Å². The summed E-state index contributed by atoms with van der Waals surface area (Å²) in [5, 5.41) is 0. The second kappa shape index (κ2) is 5.87. The van der Waals surface area contributed by atoms with Gasteiger partial charge in [-0.25, -0.2) is 17.5 Å². The average molecular weight is 351 g/mol. The van der Waals surface area contributed by atoms with E-state index in [1.807, 2.05) is 7.05 Å². The molecule has 0 atom stereocenters. The summed E-state index contributed by atoms with van der Waals surface area (Å²) in [6.07, 6.45) is 2.34. The van der Waals surface area contributed by atoms with Crippen LogP contribution in [0.25, 0.3) is 0 Å². The number of benzene rings is 1. The van der Waals surface area contributed by atoms with E-state index in [0.717, 1.165) is 6.07 Å². The lowest BCUT2D eigenvalue weighted by Gasteiger charge is -2.16. The molecule has 1 aromatic carbocycles. The van der Waals surface area contributed by atoms with Gasteiger partial charge in [-0.15, -0.1) is 0 Å². The molecule has 106 valence electrons. The lowest BCUT2D eigenvalue weighted by Crippen LogP contribution is -2.34. The molecule has 1 fully saturated rings. The van der Waals surface area contributed by atoms with Crippen molar-refractivity contribution in [3.63, 3.8) is 0 Å². The summed E-state index contributed by atoms with van der Waals surface area (Å²) in [6.45, 7) is 0.910. The topological polar surface area (TPSA) is 49.4 Å². The van der Waals surface area contributed by atoms with Crippen LogP contribution in [0, 0.1) is 5.82 Å².